The number of carbonyl (C=O) groups excluding carboxylic acids is 3. The van der Waals surface area contributed by atoms with E-state index in [9.17, 15) is 19.2 Å². The monoisotopic (exact) mass is 414 g/mol. The molecule has 2 aromatic carbocycles. The van der Waals surface area contributed by atoms with Crippen LogP contribution in [0.15, 0.2) is 53.3 Å². The first-order valence-electron chi connectivity index (χ1n) is 9.80. The Balaban J connectivity index is 1.74. The molecule has 0 saturated carbocycles. The summed E-state index contributed by atoms with van der Waals surface area (Å²) in [7, 11) is 0. The van der Waals surface area contributed by atoms with Gasteiger partial charge in [0.1, 0.15) is 5.82 Å². The number of pyridine rings is 1. The van der Waals surface area contributed by atoms with Crippen LogP contribution in [0.3, 0.4) is 0 Å². The maximum Gasteiger partial charge on any atom is 0.262 e. The summed E-state index contributed by atoms with van der Waals surface area (Å²) in [5.74, 6) is -1.56. The number of nitrogens with two attached hydrogens (primary N) is 1. The molecule has 0 bridgehead atoms. The molecule has 31 heavy (non-hydrogen) atoms. The van der Waals surface area contributed by atoms with Gasteiger partial charge in [0.15, 0.2) is 0 Å². The van der Waals surface area contributed by atoms with E-state index in [2.05, 4.69) is 5.32 Å². The van der Waals surface area contributed by atoms with Crippen molar-refractivity contribution in [3.8, 4) is 5.69 Å². The molecule has 0 atom stereocenters. The van der Waals surface area contributed by atoms with Crippen LogP contribution in [0.5, 0.6) is 0 Å². The van der Waals surface area contributed by atoms with Gasteiger partial charge in [-0.3, -0.25) is 34.0 Å². The second-order valence-electron chi connectivity index (χ2n) is 7.57. The predicted octanol–water partition coefficient (Wildman–Crippen LogP) is 2.09. The lowest BCUT2D eigenvalue weighted by atomic mass is 10.0. The number of nitrogens with one attached hydrogen (secondary N) is 1. The molecule has 0 radical (unpaired) electrons. The number of amides is 3. The third-order valence-electron chi connectivity index (χ3n) is 5.73. The molecule has 2 aliphatic heterocycles. The van der Waals surface area contributed by atoms with Gasteiger partial charge in [0.05, 0.1) is 28.2 Å². The Morgan fingerprint density at radius 3 is 2.39 bits per heavy atom. The molecule has 3 aromatic rings. The lowest BCUT2D eigenvalue weighted by Crippen LogP contribution is -2.26. The van der Waals surface area contributed by atoms with Crippen molar-refractivity contribution >= 4 is 34.9 Å². The maximum atomic E-state index is 12.8. The van der Waals surface area contributed by atoms with Crippen LogP contribution in [0.1, 0.15) is 38.8 Å². The predicted molar refractivity (Wildman–Crippen MR) is 115 cm³/mol. The molecule has 0 fully saturated rings. The largest absolute Gasteiger partial charge is 0.384 e. The molecule has 0 unspecified atom stereocenters. The lowest BCUT2D eigenvalue weighted by Gasteiger charge is -2.24. The molecule has 8 heteroatoms. The molecule has 0 aliphatic carbocycles. The Hall–Kier alpha value is -4.20. The first kappa shape index (κ1) is 18.8. The van der Waals surface area contributed by atoms with Crippen LogP contribution in [0.25, 0.3) is 5.69 Å². The Kier molecular flexibility index (Phi) is 4.04. The first-order valence-corrected chi connectivity index (χ1v) is 9.80. The molecule has 2 aliphatic rings. The summed E-state index contributed by atoms with van der Waals surface area (Å²) in [5.41, 5.74) is 9.45. The number of aryl methyl sites for hydroxylation is 2. The summed E-state index contributed by atoms with van der Waals surface area (Å²) in [6.45, 7) is 1.49. The van der Waals surface area contributed by atoms with E-state index in [1.165, 1.54) is 11.5 Å². The Labute approximate surface area is 176 Å². The number of nitrogens with zero attached hydrogens (tertiary/aromatic N) is 2. The molecule has 0 spiro atoms. The number of nitrogen functional groups attached to an aromatic ring is 1. The Bertz CT molecular complexity index is 1370. The number of aromatic nitrogens is 1. The molecular weight excluding hydrogens is 396 g/mol. The van der Waals surface area contributed by atoms with Gasteiger partial charge < -0.3 is 5.73 Å². The number of para-hydroxylation sites is 1. The zero-order chi connectivity index (χ0) is 21.9. The fourth-order valence-electron chi connectivity index (χ4n) is 4.34. The first-order chi connectivity index (χ1) is 14.9. The van der Waals surface area contributed by atoms with Gasteiger partial charge in [-0.1, -0.05) is 24.3 Å². The highest BCUT2D eigenvalue weighted by atomic mass is 16.2. The van der Waals surface area contributed by atoms with Crippen LogP contribution in [0.2, 0.25) is 0 Å². The van der Waals surface area contributed by atoms with Crippen molar-refractivity contribution in [1.82, 2.24) is 9.88 Å². The Morgan fingerprint density at radius 2 is 1.65 bits per heavy atom. The number of rotatable bonds is 1. The van der Waals surface area contributed by atoms with E-state index in [0.29, 0.717) is 11.4 Å². The second-order valence-corrected chi connectivity index (χ2v) is 7.57. The zero-order valence-corrected chi connectivity index (χ0v) is 16.6. The summed E-state index contributed by atoms with van der Waals surface area (Å²) in [6.07, 6.45) is 1.50. The quantitative estimate of drug-likeness (QED) is 0.592. The minimum absolute atomic E-state index is 0.0201. The highest BCUT2D eigenvalue weighted by molar-refractivity contribution is 6.23. The molecule has 0 saturated heterocycles. The molecular formula is C23H18N4O4. The van der Waals surface area contributed by atoms with Crippen molar-refractivity contribution in [2.75, 3.05) is 10.6 Å². The third-order valence-corrected chi connectivity index (χ3v) is 5.73. The van der Waals surface area contributed by atoms with Gasteiger partial charge in [0, 0.05) is 13.0 Å². The van der Waals surface area contributed by atoms with Gasteiger partial charge in [-0.2, -0.15) is 0 Å². The smallest absolute Gasteiger partial charge is 0.262 e. The summed E-state index contributed by atoms with van der Waals surface area (Å²) < 4.78 is 1.19. The van der Waals surface area contributed by atoms with Crippen molar-refractivity contribution in [3.63, 3.8) is 0 Å². The number of carbonyl (C=O) groups is 3. The number of anilines is 3. The van der Waals surface area contributed by atoms with Gasteiger partial charge >= 0.3 is 0 Å². The Morgan fingerprint density at radius 1 is 0.935 bits per heavy atom. The van der Waals surface area contributed by atoms with E-state index in [-0.39, 0.29) is 22.9 Å². The fraction of sp³-hybridized carbons (Fsp3) is 0.130. The van der Waals surface area contributed by atoms with Crippen molar-refractivity contribution in [3.05, 3.63) is 81.1 Å². The van der Waals surface area contributed by atoms with Crippen molar-refractivity contribution < 1.29 is 14.4 Å². The molecule has 154 valence electrons. The lowest BCUT2D eigenvalue weighted by molar-refractivity contribution is -0.115. The van der Waals surface area contributed by atoms with Crippen molar-refractivity contribution in [1.29, 1.82) is 0 Å². The summed E-state index contributed by atoms with van der Waals surface area (Å²) >= 11 is 0. The molecule has 3 heterocycles. The van der Waals surface area contributed by atoms with Crippen LogP contribution in [-0.2, 0) is 17.6 Å². The topological polar surface area (TPSA) is 114 Å². The third kappa shape index (κ3) is 2.76. The standard InChI is InChI=1S/C23H18N4O4/c1-12(28)26-17-5-3-2-4-13(17)6-7-14-8-9-15(10-18(14)26)27-19(29)11-16-20(21(27)24)23(31)25-22(16)30/h2-5,8-11H,6-7,24H2,1H3,(H,25,30,31). The average molecular weight is 414 g/mol. The molecule has 5 rings (SSSR count). The van der Waals surface area contributed by atoms with Gasteiger partial charge in [-0.15, -0.1) is 0 Å². The van der Waals surface area contributed by atoms with Crippen molar-refractivity contribution in [2.24, 2.45) is 0 Å². The van der Waals surface area contributed by atoms with Crippen LogP contribution in [0.4, 0.5) is 17.2 Å². The average Bonchev–Trinajstić information content (AvgIpc) is 2.91. The number of imide groups is 1. The highest BCUT2D eigenvalue weighted by Gasteiger charge is 2.32. The normalized spacial score (nSPS) is 14.4. The summed E-state index contributed by atoms with van der Waals surface area (Å²) in [5, 5.41) is 2.16. The van der Waals surface area contributed by atoms with Gasteiger partial charge in [0.2, 0.25) is 5.91 Å². The van der Waals surface area contributed by atoms with Gasteiger partial charge in [-0.25, -0.2) is 0 Å². The van der Waals surface area contributed by atoms with Gasteiger partial charge in [0.25, 0.3) is 17.4 Å². The zero-order valence-electron chi connectivity index (χ0n) is 16.6. The molecule has 1 aromatic heterocycles. The maximum absolute atomic E-state index is 12.8. The van der Waals surface area contributed by atoms with Crippen LogP contribution < -0.4 is 21.5 Å². The summed E-state index contributed by atoms with van der Waals surface area (Å²) in [6, 6.07) is 14.1. The van der Waals surface area contributed by atoms with Crippen LogP contribution in [0, 0.1) is 0 Å². The van der Waals surface area contributed by atoms with E-state index >= 15 is 0 Å². The van der Waals surface area contributed by atoms with E-state index in [4.69, 9.17) is 5.73 Å². The van der Waals surface area contributed by atoms with Crippen LogP contribution >= 0.6 is 0 Å². The highest BCUT2D eigenvalue weighted by Crippen LogP contribution is 2.37. The van der Waals surface area contributed by atoms with Crippen molar-refractivity contribution in [2.45, 2.75) is 19.8 Å². The second kappa shape index (κ2) is 6.66. The van der Waals surface area contributed by atoms with E-state index in [1.54, 1.807) is 17.0 Å². The summed E-state index contributed by atoms with van der Waals surface area (Å²) in [4.78, 5) is 51.2. The van der Waals surface area contributed by atoms with Gasteiger partial charge in [-0.05, 0) is 42.2 Å². The fourth-order valence-corrected chi connectivity index (χ4v) is 4.34. The minimum atomic E-state index is -0.641. The van der Waals surface area contributed by atoms with E-state index < -0.39 is 17.4 Å². The minimum Gasteiger partial charge on any atom is -0.384 e. The number of fused-ring (bicyclic) bond motifs is 3. The van der Waals surface area contributed by atoms with E-state index in [1.807, 2.05) is 30.3 Å². The molecule has 3 amide bonds. The SMILES string of the molecule is CC(=O)N1c2ccccc2CCc2ccc(-n3c(N)c4c(cc3=O)C(=O)NC4=O)cc21. The molecule has 8 nitrogen and oxygen atoms in total. The molecule has 3 N–H and O–H groups in total. The number of hydrogen-bond donors (Lipinski definition) is 2. The number of hydrogen-bond acceptors (Lipinski definition) is 5. The van der Waals surface area contributed by atoms with E-state index in [0.717, 1.165) is 35.7 Å². The van der Waals surface area contributed by atoms with Crippen LogP contribution in [-0.4, -0.2) is 22.3 Å². The number of benzene rings is 2.